The molecule has 0 amide bonds. The first kappa shape index (κ1) is 37.9. The average molecular weight is 641 g/mol. The van der Waals surface area contributed by atoms with Gasteiger partial charge < -0.3 is 4.55 Å². The van der Waals surface area contributed by atoms with E-state index in [1.54, 1.807) is 101 Å². The van der Waals surface area contributed by atoms with Crippen LogP contribution in [0.25, 0.3) is 0 Å². The number of allylic oxidation sites excluding steroid dienone is 4. The Morgan fingerprint density at radius 2 is 0.806 bits per heavy atom. The van der Waals surface area contributed by atoms with Gasteiger partial charge in [0.05, 0.1) is 0 Å². The third-order valence-corrected chi connectivity index (χ3v) is 11.3. The Bertz CT molecular complexity index is 629. The summed E-state index contributed by atoms with van der Waals surface area (Å²) in [5, 5.41) is 0. The van der Waals surface area contributed by atoms with Crippen LogP contribution < -0.4 is 0 Å². The third kappa shape index (κ3) is 16.5. The van der Waals surface area contributed by atoms with Gasteiger partial charge in [-0.25, -0.2) is 8.42 Å². The molecule has 9 heteroatoms. The SMILES string of the molecule is C1CCC(P(C2CCCCC2)C2CCCCC2)CC1.C=CC=C.C=CC=C.O=S(=O)([O-])C(F)(F)F.[Rh]. The van der Waals surface area contributed by atoms with E-state index in [4.69, 9.17) is 13.0 Å². The molecule has 0 aromatic rings. The van der Waals surface area contributed by atoms with Crippen molar-refractivity contribution in [2.45, 2.75) is 119 Å². The molecular weight excluding hydrogens is 595 g/mol. The van der Waals surface area contributed by atoms with E-state index in [2.05, 4.69) is 26.3 Å². The minimum atomic E-state index is -6.09. The van der Waals surface area contributed by atoms with Gasteiger partial charge in [-0.15, -0.1) is 0 Å². The van der Waals surface area contributed by atoms with E-state index in [0.717, 1.165) is 0 Å². The Morgan fingerprint density at radius 3 is 0.944 bits per heavy atom. The summed E-state index contributed by atoms with van der Waals surface area (Å²) in [5.74, 6) is 0. The molecule has 0 aromatic carbocycles. The van der Waals surface area contributed by atoms with Gasteiger partial charge in [0.2, 0.25) is 0 Å². The van der Waals surface area contributed by atoms with E-state index in [1.165, 1.54) is 36.2 Å². The molecule has 1 radical (unpaired) electrons. The first-order valence-corrected chi connectivity index (χ1v) is 15.8. The maximum absolute atomic E-state index is 10.7. The maximum atomic E-state index is 10.7. The summed E-state index contributed by atoms with van der Waals surface area (Å²) < 4.78 is 58.9. The second-order valence-electron chi connectivity index (χ2n) is 9.17. The zero-order chi connectivity index (χ0) is 26.7. The van der Waals surface area contributed by atoms with Crippen LogP contribution in [-0.2, 0) is 29.6 Å². The minimum Gasteiger partial charge on any atom is -0.741 e. The second-order valence-corrected chi connectivity index (χ2v) is 13.6. The van der Waals surface area contributed by atoms with Gasteiger partial charge in [0.25, 0.3) is 0 Å². The van der Waals surface area contributed by atoms with Crippen molar-refractivity contribution in [2.75, 3.05) is 0 Å². The van der Waals surface area contributed by atoms with Crippen molar-refractivity contribution in [3.63, 3.8) is 0 Å². The van der Waals surface area contributed by atoms with Gasteiger partial charge in [0.1, 0.15) is 0 Å². The Hall–Kier alpha value is -0.287. The van der Waals surface area contributed by atoms with Crippen LogP contribution in [0.5, 0.6) is 0 Å². The Balaban J connectivity index is 0. The zero-order valence-corrected chi connectivity index (χ0v) is 24.9. The van der Waals surface area contributed by atoms with Crippen molar-refractivity contribution in [3.8, 4) is 0 Å². The molecule has 0 heterocycles. The zero-order valence-electron chi connectivity index (χ0n) is 21.5. The number of rotatable bonds is 5. The van der Waals surface area contributed by atoms with Gasteiger partial charge in [-0.05, 0) is 55.5 Å². The van der Waals surface area contributed by atoms with Gasteiger partial charge >= 0.3 is 5.51 Å². The molecule has 213 valence electrons. The van der Waals surface area contributed by atoms with E-state index in [-0.39, 0.29) is 19.5 Å². The Morgan fingerprint density at radius 1 is 0.611 bits per heavy atom. The Labute approximate surface area is 232 Å². The molecule has 0 aromatic heterocycles. The fourth-order valence-electron chi connectivity index (χ4n) is 5.03. The smallest absolute Gasteiger partial charge is 0.485 e. The summed E-state index contributed by atoms with van der Waals surface area (Å²) in [4.78, 5) is 0. The molecule has 0 unspecified atom stereocenters. The van der Waals surface area contributed by atoms with Gasteiger partial charge in [0.15, 0.2) is 10.1 Å². The second kappa shape index (κ2) is 21.6. The molecule has 3 saturated carbocycles. The number of halogens is 3. The summed E-state index contributed by atoms with van der Waals surface area (Å²) in [6, 6.07) is 0. The molecule has 3 rings (SSSR count). The molecule has 3 aliphatic carbocycles. The van der Waals surface area contributed by atoms with Crippen LogP contribution in [0.3, 0.4) is 0 Å². The molecule has 0 N–H and O–H groups in total. The molecule has 3 aliphatic rings. The number of hydrogen-bond donors (Lipinski definition) is 0. The topological polar surface area (TPSA) is 57.2 Å². The predicted octanol–water partition coefficient (Wildman–Crippen LogP) is 9.23. The largest absolute Gasteiger partial charge is 0.741 e. The van der Waals surface area contributed by atoms with Crippen molar-refractivity contribution < 1.29 is 45.6 Å². The maximum Gasteiger partial charge on any atom is 0.485 e. The fraction of sp³-hybridized carbons (Fsp3) is 0.704. The van der Waals surface area contributed by atoms with Crippen molar-refractivity contribution in [2.24, 2.45) is 0 Å². The molecule has 3 nitrogen and oxygen atoms in total. The normalized spacial score (nSPS) is 19.5. The quantitative estimate of drug-likeness (QED) is 0.0990. The first-order chi connectivity index (χ1) is 16.5. The molecular formula is C27H45F3O3PRhS-. The predicted molar refractivity (Wildman–Crippen MR) is 144 cm³/mol. The molecule has 3 fully saturated rings. The molecule has 0 spiro atoms. The average Bonchev–Trinajstić information content (AvgIpc) is 2.86. The van der Waals surface area contributed by atoms with Crippen LogP contribution in [0.15, 0.2) is 50.6 Å². The van der Waals surface area contributed by atoms with Gasteiger partial charge in [-0.3, -0.25) is 0 Å². The van der Waals surface area contributed by atoms with Crippen molar-refractivity contribution in [1.82, 2.24) is 0 Å². The first-order valence-electron chi connectivity index (χ1n) is 12.8. The fourth-order valence-corrected chi connectivity index (χ4v) is 9.71. The number of alkyl halides is 3. The van der Waals surface area contributed by atoms with Crippen molar-refractivity contribution >= 4 is 18.0 Å². The summed E-state index contributed by atoms with van der Waals surface area (Å²) in [5.41, 5.74) is -2.08. The van der Waals surface area contributed by atoms with Gasteiger partial charge in [-0.2, -0.15) is 13.2 Å². The summed E-state index contributed by atoms with van der Waals surface area (Å²) in [6.45, 7) is 13.4. The van der Waals surface area contributed by atoms with E-state index in [1.807, 2.05) is 0 Å². The molecule has 0 atom stereocenters. The molecule has 36 heavy (non-hydrogen) atoms. The van der Waals surface area contributed by atoms with E-state index < -0.39 is 15.6 Å². The van der Waals surface area contributed by atoms with Crippen LogP contribution in [0.4, 0.5) is 13.2 Å². The van der Waals surface area contributed by atoms with E-state index in [0.29, 0.717) is 7.92 Å². The number of hydrogen-bond acceptors (Lipinski definition) is 3. The van der Waals surface area contributed by atoms with E-state index in [9.17, 15) is 13.2 Å². The molecule has 0 bridgehead atoms. The van der Waals surface area contributed by atoms with Crippen LogP contribution in [-0.4, -0.2) is 35.5 Å². The van der Waals surface area contributed by atoms with E-state index >= 15 is 0 Å². The summed E-state index contributed by atoms with van der Waals surface area (Å²) in [7, 11) is -5.71. The summed E-state index contributed by atoms with van der Waals surface area (Å²) in [6.07, 6.45) is 30.2. The third-order valence-electron chi connectivity index (χ3n) is 6.61. The van der Waals surface area contributed by atoms with Crippen LogP contribution in [0.1, 0.15) is 96.3 Å². The minimum absolute atomic E-state index is 0. The summed E-state index contributed by atoms with van der Waals surface area (Å²) >= 11 is 0. The molecule has 0 saturated heterocycles. The van der Waals surface area contributed by atoms with Crippen LogP contribution in [0.2, 0.25) is 0 Å². The van der Waals surface area contributed by atoms with Gasteiger partial charge in [-0.1, -0.05) is 116 Å². The van der Waals surface area contributed by atoms with Crippen molar-refractivity contribution in [3.05, 3.63) is 50.6 Å². The molecule has 0 aliphatic heterocycles. The van der Waals surface area contributed by atoms with Gasteiger partial charge in [0, 0.05) is 19.5 Å². The van der Waals surface area contributed by atoms with Crippen molar-refractivity contribution in [1.29, 1.82) is 0 Å². The van der Waals surface area contributed by atoms with Crippen LogP contribution in [0, 0.1) is 0 Å². The monoisotopic (exact) mass is 640 g/mol. The standard InChI is InChI=1S/C18H33P.2C4H6.CHF3O3S.Rh/c1-4-10-16(11-5-1)19(17-12-6-2-7-13-17)18-14-8-3-9-15-18;2*1-3-4-2;2-1(3,4)8(5,6)7;/h16-18H,1-15H2;2*3-4H,1-2H2;(H,5,6,7);/p-1. The van der Waals surface area contributed by atoms with Crippen LogP contribution >= 0.6 is 7.92 Å². The Kier molecular flexibility index (Phi) is 22.7.